The summed E-state index contributed by atoms with van der Waals surface area (Å²) < 4.78 is 26.9. The maximum atomic E-state index is 13.4. The maximum Gasteiger partial charge on any atom is 0.262 e. The number of hydrogen-bond donors (Lipinski definition) is 2. The monoisotopic (exact) mass is 263 g/mol. The molecule has 2 rings (SSSR count). The van der Waals surface area contributed by atoms with Crippen LogP contribution < -0.4 is 11.1 Å². The highest BCUT2D eigenvalue weighted by molar-refractivity contribution is 6.04. The first-order valence-electron chi connectivity index (χ1n) is 5.46. The standard InChI is InChI=1S/C13H11F2N3O/c1-7-5-8(16)6-17-12(7)18-13(19)11-9(14)3-2-4-10(11)15/h2-6H,16H2,1H3,(H,17,18,19). The fourth-order valence-electron chi connectivity index (χ4n) is 1.61. The molecule has 1 aromatic carbocycles. The van der Waals surface area contributed by atoms with Crippen molar-refractivity contribution in [2.24, 2.45) is 0 Å². The number of hydrogen-bond acceptors (Lipinski definition) is 3. The molecule has 1 amide bonds. The summed E-state index contributed by atoms with van der Waals surface area (Å²) >= 11 is 0. The molecule has 0 saturated heterocycles. The van der Waals surface area contributed by atoms with Crippen LogP contribution in [0.25, 0.3) is 0 Å². The number of anilines is 2. The van der Waals surface area contributed by atoms with Gasteiger partial charge in [-0.2, -0.15) is 0 Å². The number of aromatic nitrogens is 1. The van der Waals surface area contributed by atoms with Gasteiger partial charge in [0.15, 0.2) is 0 Å². The Morgan fingerprint density at radius 2 is 1.95 bits per heavy atom. The number of amides is 1. The van der Waals surface area contributed by atoms with Crippen LogP contribution in [0.15, 0.2) is 30.5 Å². The molecule has 0 fully saturated rings. The van der Waals surface area contributed by atoms with Crippen LogP contribution in [0.2, 0.25) is 0 Å². The molecular formula is C13H11F2N3O. The molecule has 0 atom stereocenters. The number of nitrogen functional groups attached to an aromatic ring is 1. The first-order valence-corrected chi connectivity index (χ1v) is 5.46. The molecular weight excluding hydrogens is 252 g/mol. The van der Waals surface area contributed by atoms with Gasteiger partial charge in [0.2, 0.25) is 0 Å². The van der Waals surface area contributed by atoms with E-state index >= 15 is 0 Å². The molecule has 3 N–H and O–H groups in total. The van der Waals surface area contributed by atoms with Gasteiger partial charge in [-0.25, -0.2) is 13.8 Å². The van der Waals surface area contributed by atoms with Crippen molar-refractivity contribution in [3.63, 3.8) is 0 Å². The Morgan fingerprint density at radius 3 is 2.53 bits per heavy atom. The molecule has 98 valence electrons. The summed E-state index contributed by atoms with van der Waals surface area (Å²) in [6, 6.07) is 4.82. The number of aryl methyl sites for hydroxylation is 1. The average Bonchev–Trinajstić information content (AvgIpc) is 2.32. The Morgan fingerprint density at radius 1 is 1.32 bits per heavy atom. The predicted octanol–water partition coefficient (Wildman–Crippen LogP) is 2.50. The molecule has 0 aliphatic heterocycles. The molecule has 0 unspecified atom stereocenters. The van der Waals surface area contributed by atoms with E-state index in [9.17, 15) is 13.6 Å². The summed E-state index contributed by atoms with van der Waals surface area (Å²) in [4.78, 5) is 15.7. The Kier molecular flexibility index (Phi) is 3.41. The molecule has 19 heavy (non-hydrogen) atoms. The van der Waals surface area contributed by atoms with Crippen molar-refractivity contribution in [1.82, 2.24) is 4.98 Å². The van der Waals surface area contributed by atoms with E-state index in [2.05, 4.69) is 10.3 Å². The van der Waals surface area contributed by atoms with Crippen LogP contribution in [-0.2, 0) is 0 Å². The summed E-state index contributed by atoms with van der Waals surface area (Å²) in [5, 5.41) is 2.35. The van der Waals surface area contributed by atoms with Crippen LogP contribution in [0.1, 0.15) is 15.9 Å². The van der Waals surface area contributed by atoms with Gasteiger partial charge in [-0.15, -0.1) is 0 Å². The van der Waals surface area contributed by atoms with E-state index in [1.807, 2.05) is 0 Å². The number of halogens is 2. The Hall–Kier alpha value is -2.50. The number of nitrogens with one attached hydrogen (secondary N) is 1. The molecule has 0 aliphatic carbocycles. The molecule has 0 radical (unpaired) electrons. The highest BCUT2D eigenvalue weighted by atomic mass is 19.1. The van der Waals surface area contributed by atoms with E-state index in [0.717, 1.165) is 12.1 Å². The summed E-state index contributed by atoms with van der Waals surface area (Å²) in [5.74, 6) is -2.53. The van der Waals surface area contributed by atoms with Crippen LogP contribution in [-0.4, -0.2) is 10.9 Å². The van der Waals surface area contributed by atoms with E-state index < -0.39 is 23.1 Å². The van der Waals surface area contributed by atoms with Gasteiger partial charge in [0.25, 0.3) is 5.91 Å². The number of nitrogens with zero attached hydrogens (tertiary/aromatic N) is 1. The lowest BCUT2D eigenvalue weighted by Gasteiger charge is -2.09. The number of nitrogens with two attached hydrogens (primary N) is 1. The zero-order valence-corrected chi connectivity index (χ0v) is 10.1. The van der Waals surface area contributed by atoms with Gasteiger partial charge in [-0.1, -0.05) is 6.07 Å². The van der Waals surface area contributed by atoms with Crippen molar-refractivity contribution in [2.45, 2.75) is 6.92 Å². The zero-order valence-electron chi connectivity index (χ0n) is 10.1. The minimum Gasteiger partial charge on any atom is -0.397 e. The lowest BCUT2D eigenvalue weighted by atomic mass is 10.1. The van der Waals surface area contributed by atoms with Crippen molar-refractivity contribution >= 4 is 17.4 Å². The Labute approximate surface area is 108 Å². The maximum absolute atomic E-state index is 13.4. The number of carbonyl (C=O) groups is 1. The minimum absolute atomic E-state index is 0.210. The van der Waals surface area contributed by atoms with Crippen LogP contribution >= 0.6 is 0 Å². The van der Waals surface area contributed by atoms with Crippen molar-refractivity contribution in [1.29, 1.82) is 0 Å². The average molecular weight is 263 g/mol. The van der Waals surface area contributed by atoms with Crippen LogP contribution in [0, 0.1) is 18.6 Å². The molecule has 0 aliphatic rings. The minimum atomic E-state index is -0.925. The van der Waals surface area contributed by atoms with Gasteiger partial charge in [-0.3, -0.25) is 4.79 Å². The van der Waals surface area contributed by atoms with E-state index in [1.165, 1.54) is 12.3 Å². The van der Waals surface area contributed by atoms with E-state index in [-0.39, 0.29) is 5.82 Å². The van der Waals surface area contributed by atoms with Gasteiger partial charge >= 0.3 is 0 Å². The number of carbonyl (C=O) groups excluding carboxylic acids is 1. The van der Waals surface area contributed by atoms with E-state index in [4.69, 9.17) is 5.73 Å². The molecule has 2 aromatic rings. The van der Waals surface area contributed by atoms with Crippen molar-refractivity contribution in [3.8, 4) is 0 Å². The van der Waals surface area contributed by atoms with Gasteiger partial charge in [0.1, 0.15) is 23.0 Å². The highest BCUT2D eigenvalue weighted by Crippen LogP contribution is 2.17. The second-order valence-electron chi connectivity index (χ2n) is 3.98. The molecule has 0 saturated carbocycles. The molecule has 0 bridgehead atoms. The van der Waals surface area contributed by atoms with Gasteiger partial charge in [0, 0.05) is 0 Å². The van der Waals surface area contributed by atoms with Crippen molar-refractivity contribution in [2.75, 3.05) is 11.1 Å². The van der Waals surface area contributed by atoms with Gasteiger partial charge in [-0.05, 0) is 30.7 Å². The van der Waals surface area contributed by atoms with Crippen molar-refractivity contribution in [3.05, 3.63) is 53.2 Å². The van der Waals surface area contributed by atoms with Gasteiger partial charge in [0.05, 0.1) is 11.9 Å². The number of pyridine rings is 1. The molecule has 1 heterocycles. The normalized spacial score (nSPS) is 10.3. The van der Waals surface area contributed by atoms with Crippen LogP contribution in [0.4, 0.5) is 20.3 Å². The van der Waals surface area contributed by atoms with Crippen molar-refractivity contribution < 1.29 is 13.6 Å². The first kappa shape index (κ1) is 12.9. The predicted molar refractivity (Wildman–Crippen MR) is 67.7 cm³/mol. The summed E-state index contributed by atoms with van der Waals surface area (Å²) in [7, 11) is 0. The number of rotatable bonds is 2. The quantitative estimate of drug-likeness (QED) is 0.874. The lowest BCUT2D eigenvalue weighted by molar-refractivity contribution is 0.101. The molecule has 4 nitrogen and oxygen atoms in total. The largest absolute Gasteiger partial charge is 0.397 e. The third kappa shape index (κ3) is 2.67. The molecule has 0 spiro atoms. The van der Waals surface area contributed by atoms with E-state index in [1.54, 1.807) is 13.0 Å². The van der Waals surface area contributed by atoms with Crippen LogP contribution in [0.5, 0.6) is 0 Å². The fraction of sp³-hybridized carbons (Fsp3) is 0.0769. The second-order valence-corrected chi connectivity index (χ2v) is 3.98. The summed E-state index contributed by atoms with van der Waals surface area (Å²) in [6.07, 6.45) is 1.35. The second kappa shape index (κ2) is 5.01. The third-order valence-corrected chi connectivity index (χ3v) is 2.52. The highest BCUT2D eigenvalue weighted by Gasteiger charge is 2.18. The van der Waals surface area contributed by atoms with Gasteiger partial charge < -0.3 is 11.1 Å². The smallest absolute Gasteiger partial charge is 0.262 e. The zero-order chi connectivity index (χ0) is 14.0. The first-order chi connectivity index (χ1) is 8.99. The molecule has 6 heteroatoms. The third-order valence-electron chi connectivity index (χ3n) is 2.52. The SMILES string of the molecule is Cc1cc(N)cnc1NC(=O)c1c(F)cccc1F. The Bertz CT molecular complexity index is 624. The molecule has 1 aromatic heterocycles. The lowest BCUT2D eigenvalue weighted by Crippen LogP contribution is -2.17. The summed E-state index contributed by atoms with van der Waals surface area (Å²) in [6.45, 7) is 1.68. The number of benzene rings is 1. The topological polar surface area (TPSA) is 68.0 Å². The summed E-state index contributed by atoms with van der Waals surface area (Å²) in [5.41, 5.74) is 5.92. The fourth-order valence-corrected chi connectivity index (χ4v) is 1.61. The Balaban J connectivity index is 2.31. The van der Waals surface area contributed by atoms with E-state index in [0.29, 0.717) is 11.3 Å². The van der Waals surface area contributed by atoms with Crippen LogP contribution in [0.3, 0.4) is 0 Å².